The van der Waals surface area contributed by atoms with Gasteiger partial charge in [0.1, 0.15) is 11.5 Å². The molecule has 3 aromatic rings. The van der Waals surface area contributed by atoms with Gasteiger partial charge < -0.3 is 15.1 Å². The van der Waals surface area contributed by atoms with Crippen LogP contribution in [-0.4, -0.2) is 57.6 Å². The van der Waals surface area contributed by atoms with E-state index in [1.165, 1.54) is 13.1 Å². The second-order valence-electron chi connectivity index (χ2n) is 7.79. The van der Waals surface area contributed by atoms with Gasteiger partial charge in [0.25, 0.3) is 0 Å². The van der Waals surface area contributed by atoms with Crippen LogP contribution in [0.3, 0.4) is 0 Å². The summed E-state index contributed by atoms with van der Waals surface area (Å²) in [4.78, 5) is 21.7. The van der Waals surface area contributed by atoms with Crippen LogP contribution in [0.5, 0.6) is 0 Å². The Kier molecular flexibility index (Phi) is 4.35. The lowest BCUT2D eigenvalue weighted by atomic mass is 9.72. The third-order valence-electron chi connectivity index (χ3n) is 5.62. The molecule has 2 fully saturated rings. The molecule has 5 heterocycles. The molecule has 5 rings (SSSR count). The molecule has 7 nitrogen and oxygen atoms in total. The predicted octanol–water partition coefficient (Wildman–Crippen LogP) is 2.96. The van der Waals surface area contributed by atoms with E-state index in [9.17, 15) is 4.39 Å². The molecule has 0 bridgehead atoms. The van der Waals surface area contributed by atoms with Crippen LogP contribution in [-0.2, 0) is 0 Å². The van der Waals surface area contributed by atoms with Crippen LogP contribution in [0.25, 0.3) is 11.4 Å². The van der Waals surface area contributed by atoms with E-state index < -0.39 is 5.82 Å². The highest BCUT2D eigenvalue weighted by molar-refractivity contribution is 5.59. The minimum atomic E-state index is -0.512. The molecule has 1 N–H and O–H groups in total. The average Bonchev–Trinajstić information content (AvgIpc) is 2.69. The normalized spacial score (nSPS) is 17.7. The van der Waals surface area contributed by atoms with Crippen molar-refractivity contribution in [2.24, 2.45) is 5.41 Å². The zero-order chi connectivity index (χ0) is 19.8. The Morgan fingerprint density at radius 1 is 1.03 bits per heavy atom. The van der Waals surface area contributed by atoms with Gasteiger partial charge in [-0.25, -0.2) is 19.3 Å². The van der Waals surface area contributed by atoms with E-state index in [1.54, 1.807) is 24.4 Å². The van der Waals surface area contributed by atoms with Crippen molar-refractivity contribution in [3.05, 3.63) is 54.7 Å². The Labute approximate surface area is 168 Å². The molecule has 0 radical (unpaired) electrons. The molecule has 0 aliphatic carbocycles. The minimum Gasteiger partial charge on any atom is -0.369 e. The molecule has 8 heteroatoms. The molecule has 29 heavy (non-hydrogen) atoms. The first kappa shape index (κ1) is 17.9. The van der Waals surface area contributed by atoms with Crippen LogP contribution in [0, 0.1) is 11.2 Å². The highest BCUT2D eigenvalue weighted by atomic mass is 19.1. The lowest BCUT2D eigenvalue weighted by molar-refractivity contribution is -0.0178. The van der Waals surface area contributed by atoms with Crippen molar-refractivity contribution in [3.63, 3.8) is 0 Å². The first-order chi connectivity index (χ1) is 14.1. The van der Waals surface area contributed by atoms with Crippen LogP contribution >= 0.6 is 0 Å². The SMILES string of the molecule is CCN1CC2(C1)CN(c1ccc(Nc3ncc(F)c(-c4ccccn4)n3)nc1)C2. The highest BCUT2D eigenvalue weighted by Crippen LogP contribution is 2.41. The summed E-state index contributed by atoms with van der Waals surface area (Å²) < 4.78 is 14.1. The molecule has 148 valence electrons. The molecule has 0 atom stereocenters. The standard InChI is InChI=1S/C21H22FN7/c1-2-28-11-21(12-28)13-29(14-21)15-6-7-18(24-9-15)26-20-25-10-16(22)19(27-20)17-5-3-4-8-23-17/h3-10H,2,11-14H2,1H3,(H,24,25,26,27). The Hall–Kier alpha value is -3.13. The number of aromatic nitrogens is 4. The largest absolute Gasteiger partial charge is 0.369 e. The number of nitrogens with one attached hydrogen (secondary N) is 1. The van der Waals surface area contributed by atoms with Gasteiger partial charge in [0.05, 0.1) is 23.8 Å². The van der Waals surface area contributed by atoms with Crippen molar-refractivity contribution in [1.82, 2.24) is 24.8 Å². The summed E-state index contributed by atoms with van der Waals surface area (Å²) in [7, 11) is 0. The van der Waals surface area contributed by atoms with Gasteiger partial charge in [-0.2, -0.15) is 0 Å². The van der Waals surface area contributed by atoms with Gasteiger partial charge >= 0.3 is 0 Å². The van der Waals surface area contributed by atoms with E-state index in [2.05, 4.69) is 42.0 Å². The molecule has 3 aromatic heterocycles. The molecule has 0 saturated carbocycles. The second kappa shape index (κ2) is 7.04. The molecule has 0 amide bonds. The van der Waals surface area contributed by atoms with Crippen LogP contribution in [0.15, 0.2) is 48.9 Å². The number of halogens is 1. The molecule has 0 aromatic carbocycles. The van der Waals surface area contributed by atoms with Crippen molar-refractivity contribution in [3.8, 4) is 11.4 Å². The molecule has 0 unspecified atom stereocenters. The summed E-state index contributed by atoms with van der Waals surface area (Å²) in [6.45, 7) is 7.93. The Bertz CT molecular complexity index is 995. The fraction of sp³-hybridized carbons (Fsp3) is 0.333. The first-order valence-corrected chi connectivity index (χ1v) is 9.78. The molecular formula is C21H22FN7. The van der Waals surface area contributed by atoms with Crippen LogP contribution in [0.1, 0.15) is 6.92 Å². The summed E-state index contributed by atoms with van der Waals surface area (Å²) in [5.41, 5.74) is 2.22. The number of hydrogen-bond donors (Lipinski definition) is 1. The van der Waals surface area contributed by atoms with E-state index in [1.807, 2.05) is 18.3 Å². The van der Waals surface area contributed by atoms with Crippen molar-refractivity contribution < 1.29 is 4.39 Å². The van der Waals surface area contributed by atoms with E-state index in [4.69, 9.17) is 0 Å². The van der Waals surface area contributed by atoms with Gasteiger partial charge in [-0.3, -0.25) is 4.98 Å². The quantitative estimate of drug-likeness (QED) is 0.717. The van der Waals surface area contributed by atoms with Crippen LogP contribution in [0.2, 0.25) is 0 Å². The number of hydrogen-bond acceptors (Lipinski definition) is 7. The summed E-state index contributed by atoms with van der Waals surface area (Å²) >= 11 is 0. The zero-order valence-electron chi connectivity index (χ0n) is 16.2. The van der Waals surface area contributed by atoms with E-state index in [-0.39, 0.29) is 11.6 Å². The fourth-order valence-electron chi connectivity index (χ4n) is 4.14. The molecule has 2 saturated heterocycles. The van der Waals surface area contributed by atoms with Gasteiger partial charge in [-0.05, 0) is 30.8 Å². The second-order valence-corrected chi connectivity index (χ2v) is 7.79. The summed E-state index contributed by atoms with van der Waals surface area (Å²) in [6.07, 6.45) is 4.60. The number of pyridine rings is 2. The van der Waals surface area contributed by atoms with Gasteiger partial charge in [0.15, 0.2) is 5.82 Å². The van der Waals surface area contributed by atoms with Gasteiger partial charge in [-0.1, -0.05) is 13.0 Å². The number of rotatable bonds is 5. The van der Waals surface area contributed by atoms with Crippen molar-refractivity contribution in [2.45, 2.75) is 6.92 Å². The monoisotopic (exact) mass is 391 g/mol. The maximum Gasteiger partial charge on any atom is 0.229 e. The van der Waals surface area contributed by atoms with E-state index >= 15 is 0 Å². The van der Waals surface area contributed by atoms with Crippen molar-refractivity contribution in [2.75, 3.05) is 42.9 Å². The molecule has 2 aliphatic heterocycles. The van der Waals surface area contributed by atoms with Crippen LogP contribution < -0.4 is 10.2 Å². The third kappa shape index (κ3) is 3.40. The maximum absolute atomic E-state index is 14.1. The lowest BCUT2D eigenvalue weighted by Crippen LogP contribution is -2.72. The topological polar surface area (TPSA) is 70.1 Å². The highest BCUT2D eigenvalue weighted by Gasteiger charge is 2.51. The van der Waals surface area contributed by atoms with Gasteiger partial charge in [-0.15, -0.1) is 0 Å². The number of anilines is 3. The Morgan fingerprint density at radius 2 is 1.90 bits per heavy atom. The van der Waals surface area contributed by atoms with Gasteiger partial charge in [0.2, 0.25) is 5.95 Å². The fourth-order valence-corrected chi connectivity index (χ4v) is 4.14. The van der Waals surface area contributed by atoms with E-state index in [0.717, 1.165) is 31.5 Å². The van der Waals surface area contributed by atoms with Crippen LogP contribution in [0.4, 0.5) is 21.8 Å². The minimum absolute atomic E-state index is 0.159. The maximum atomic E-state index is 14.1. The van der Waals surface area contributed by atoms with Gasteiger partial charge in [0, 0.05) is 37.8 Å². The lowest BCUT2D eigenvalue weighted by Gasteiger charge is -2.61. The molecular weight excluding hydrogens is 369 g/mol. The Balaban J connectivity index is 1.25. The zero-order valence-corrected chi connectivity index (χ0v) is 16.2. The predicted molar refractivity (Wildman–Crippen MR) is 110 cm³/mol. The number of nitrogens with zero attached hydrogens (tertiary/aromatic N) is 6. The molecule has 2 aliphatic rings. The third-order valence-corrected chi connectivity index (χ3v) is 5.62. The Morgan fingerprint density at radius 3 is 2.59 bits per heavy atom. The van der Waals surface area contributed by atoms with E-state index in [0.29, 0.717) is 16.9 Å². The summed E-state index contributed by atoms with van der Waals surface area (Å²) in [5.74, 6) is 0.384. The van der Waals surface area contributed by atoms with Crippen molar-refractivity contribution >= 4 is 17.5 Å². The molecule has 1 spiro atoms. The summed E-state index contributed by atoms with van der Waals surface area (Å²) in [6, 6.07) is 9.22. The average molecular weight is 391 g/mol. The smallest absolute Gasteiger partial charge is 0.229 e. The first-order valence-electron chi connectivity index (χ1n) is 9.78. The number of likely N-dealkylation sites (tertiary alicyclic amines) is 1. The van der Waals surface area contributed by atoms with Crippen molar-refractivity contribution in [1.29, 1.82) is 0 Å². The summed E-state index contributed by atoms with van der Waals surface area (Å²) in [5, 5.41) is 3.04.